The van der Waals surface area contributed by atoms with Crippen molar-refractivity contribution >= 4 is 0 Å². The van der Waals surface area contributed by atoms with Crippen LogP contribution in [-0.2, 0) is 0 Å². The lowest BCUT2D eigenvalue weighted by molar-refractivity contribution is 0.249. The smallest absolute Gasteiger partial charge is 0.0315 e. The Morgan fingerprint density at radius 1 is 1.22 bits per heavy atom. The molecule has 0 amide bonds. The van der Waals surface area contributed by atoms with Crippen LogP contribution in [0.5, 0.6) is 0 Å². The maximum Gasteiger partial charge on any atom is 0.0315 e. The van der Waals surface area contributed by atoms with Gasteiger partial charge in [0.15, 0.2) is 0 Å². The molecule has 2 nitrogen and oxygen atoms in total. The number of nitrogens with zero attached hydrogens (tertiary/aromatic N) is 1. The van der Waals surface area contributed by atoms with E-state index in [1.165, 1.54) is 44.1 Å². The first-order valence-electron chi connectivity index (χ1n) is 7.49. The molecule has 1 aromatic rings. The van der Waals surface area contributed by atoms with Gasteiger partial charge >= 0.3 is 0 Å². The molecule has 0 saturated heterocycles. The monoisotopic (exact) mass is 244 g/mol. The van der Waals surface area contributed by atoms with Gasteiger partial charge in [-0.3, -0.25) is 4.98 Å². The van der Waals surface area contributed by atoms with Gasteiger partial charge in [-0.1, -0.05) is 18.9 Å². The van der Waals surface area contributed by atoms with Crippen molar-refractivity contribution in [2.75, 3.05) is 0 Å². The highest BCUT2D eigenvalue weighted by atomic mass is 14.9. The summed E-state index contributed by atoms with van der Waals surface area (Å²) in [6.07, 6.45) is 12.5. The van der Waals surface area contributed by atoms with Crippen LogP contribution in [0.1, 0.15) is 57.1 Å². The maximum absolute atomic E-state index is 4.21. The molecule has 1 aromatic heterocycles. The fourth-order valence-corrected chi connectivity index (χ4v) is 3.46. The van der Waals surface area contributed by atoms with Gasteiger partial charge in [0.25, 0.3) is 0 Å². The molecule has 0 aromatic carbocycles. The van der Waals surface area contributed by atoms with E-state index in [0.717, 1.165) is 17.9 Å². The van der Waals surface area contributed by atoms with Gasteiger partial charge in [0.1, 0.15) is 0 Å². The van der Waals surface area contributed by atoms with Crippen molar-refractivity contribution in [1.82, 2.24) is 10.3 Å². The first-order valence-corrected chi connectivity index (χ1v) is 7.49. The molecule has 2 aliphatic rings. The lowest BCUT2D eigenvalue weighted by atomic mass is 9.82. The first-order chi connectivity index (χ1) is 8.83. The van der Waals surface area contributed by atoms with Crippen molar-refractivity contribution in [2.45, 2.75) is 57.5 Å². The summed E-state index contributed by atoms with van der Waals surface area (Å²) in [5, 5.41) is 3.81. The van der Waals surface area contributed by atoms with Crippen LogP contribution < -0.4 is 5.32 Å². The quantitative estimate of drug-likeness (QED) is 0.873. The van der Waals surface area contributed by atoms with Crippen molar-refractivity contribution in [3.8, 4) is 0 Å². The number of rotatable bonds is 4. The Kier molecular flexibility index (Phi) is 3.64. The summed E-state index contributed by atoms with van der Waals surface area (Å²) in [5.74, 6) is 2.08. The lowest BCUT2D eigenvalue weighted by Gasteiger charge is -2.32. The topological polar surface area (TPSA) is 24.9 Å². The molecule has 2 aliphatic carbocycles. The predicted octanol–water partition coefficient (Wildman–Crippen LogP) is 3.70. The SMILES string of the molecule is C[C@H](NC1CCCC(C2CC2)C1)c1cccnc1. The summed E-state index contributed by atoms with van der Waals surface area (Å²) in [7, 11) is 0. The third-order valence-corrected chi connectivity index (χ3v) is 4.67. The van der Waals surface area contributed by atoms with Crippen LogP contribution in [0.2, 0.25) is 0 Å². The van der Waals surface area contributed by atoms with Crippen LogP contribution in [0.15, 0.2) is 24.5 Å². The summed E-state index contributed by atoms with van der Waals surface area (Å²) in [5.41, 5.74) is 1.31. The maximum atomic E-state index is 4.21. The molecule has 98 valence electrons. The molecular formula is C16H24N2. The molecule has 0 bridgehead atoms. The molecule has 2 saturated carbocycles. The third-order valence-electron chi connectivity index (χ3n) is 4.67. The third kappa shape index (κ3) is 2.92. The largest absolute Gasteiger partial charge is 0.307 e. The van der Waals surface area contributed by atoms with Crippen LogP contribution in [-0.4, -0.2) is 11.0 Å². The van der Waals surface area contributed by atoms with Crippen molar-refractivity contribution in [2.24, 2.45) is 11.8 Å². The molecule has 18 heavy (non-hydrogen) atoms. The van der Waals surface area contributed by atoms with E-state index in [1.54, 1.807) is 0 Å². The molecule has 2 fully saturated rings. The number of hydrogen-bond acceptors (Lipinski definition) is 2. The van der Waals surface area contributed by atoms with E-state index >= 15 is 0 Å². The normalized spacial score (nSPS) is 30.1. The van der Waals surface area contributed by atoms with E-state index in [2.05, 4.69) is 23.3 Å². The molecule has 2 unspecified atom stereocenters. The highest BCUT2D eigenvalue weighted by Crippen LogP contribution is 2.44. The Morgan fingerprint density at radius 3 is 2.83 bits per heavy atom. The van der Waals surface area contributed by atoms with Gasteiger partial charge in [-0.15, -0.1) is 0 Å². The van der Waals surface area contributed by atoms with Crippen LogP contribution in [0, 0.1) is 11.8 Å². The number of hydrogen-bond donors (Lipinski definition) is 1. The van der Waals surface area contributed by atoms with E-state index in [9.17, 15) is 0 Å². The minimum absolute atomic E-state index is 0.432. The highest BCUT2D eigenvalue weighted by molar-refractivity contribution is 5.13. The Labute approximate surface area is 110 Å². The van der Waals surface area contributed by atoms with Gasteiger partial charge < -0.3 is 5.32 Å². The standard InChI is InChI=1S/C16H24N2/c1-12(15-5-3-9-17-11-15)18-16-6-2-4-14(10-16)13-7-8-13/h3,5,9,11-14,16,18H,2,4,6-8,10H2,1H3/t12-,14?,16?/m0/s1. The van der Waals surface area contributed by atoms with Gasteiger partial charge in [-0.2, -0.15) is 0 Å². The zero-order valence-electron chi connectivity index (χ0n) is 11.3. The molecule has 3 atom stereocenters. The molecule has 0 aliphatic heterocycles. The summed E-state index contributed by atoms with van der Waals surface area (Å²) in [6.45, 7) is 2.26. The molecule has 1 N–H and O–H groups in total. The summed E-state index contributed by atoms with van der Waals surface area (Å²) >= 11 is 0. The average molecular weight is 244 g/mol. The van der Waals surface area contributed by atoms with E-state index < -0.39 is 0 Å². The second-order valence-corrected chi connectivity index (χ2v) is 6.14. The van der Waals surface area contributed by atoms with Crippen LogP contribution >= 0.6 is 0 Å². The zero-order valence-corrected chi connectivity index (χ0v) is 11.3. The predicted molar refractivity (Wildman–Crippen MR) is 74.3 cm³/mol. The highest BCUT2D eigenvalue weighted by Gasteiger charge is 2.34. The van der Waals surface area contributed by atoms with Gasteiger partial charge in [0.2, 0.25) is 0 Å². The Morgan fingerprint density at radius 2 is 2.11 bits per heavy atom. The summed E-state index contributed by atoms with van der Waals surface area (Å²) < 4.78 is 0. The van der Waals surface area contributed by atoms with Gasteiger partial charge in [0, 0.05) is 24.5 Å². The van der Waals surface area contributed by atoms with Crippen LogP contribution in [0.25, 0.3) is 0 Å². The summed E-state index contributed by atoms with van der Waals surface area (Å²) in [4.78, 5) is 4.21. The van der Waals surface area contributed by atoms with Crippen LogP contribution in [0.4, 0.5) is 0 Å². The van der Waals surface area contributed by atoms with Crippen molar-refractivity contribution in [3.05, 3.63) is 30.1 Å². The molecule has 3 rings (SSSR count). The second kappa shape index (κ2) is 5.40. The van der Waals surface area contributed by atoms with E-state index in [1.807, 2.05) is 18.5 Å². The molecule has 0 spiro atoms. The van der Waals surface area contributed by atoms with Crippen molar-refractivity contribution in [1.29, 1.82) is 0 Å². The van der Waals surface area contributed by atoms with Crippen molar-refractivity contribution in [3.63, 3.8) is 0 Å². The minimum Gasteiger partial charge on any atom is -0.307 e. The molecule has 2 heteroatoms. The Balaban J connectivity index is 1.55. The molecule has 0 radical (unpaired) electrons. The zero-order chi connectivity index (χ0) is 12.4. The van der Waals surface area contributed by atoms with E-state index in [4.69, 9.17) is 0 Å². The molecule has 1 heterocycles. The number of nitrogens with one attached hydrogen (secondary N) is 1. The van der Waals surface area contributed by atoms with E-state index in [0.29, 0.717) is 6.04 Å². The van der Waals surface area contributed by atoms with Gasteiger partial charge in [-0.05, 0) is 56.1 Å². The molecular weight excluding hydrogens is 220 g/mol. The van der Waals surface area contributed by atoms with Crippen LogP contribution in [0.3, 0.4) is 0 Å². The van der Waals surface area contributed by atoms with Gasteiger partial charge in [0.05, 0.1) is 0 Å². The van der Waals surface area contributed by atoms with E-state index in [-0.39, 0.29) is 0 Å². The Bertz CT molecular complexity index is 372. The fraction of sp³-hybridized carbons (Fsp3) is 0.688. The fourth-order valence-electron chi connectivity index (χ4n) is 3.46. The number of pyridine rings is 1. The summed E-state index contributed by atoms with van der Waals surface area (Å²) in [6, 6.07) is 5.36. The average Bonchev–Trinajstić information content (AvgIpc) is 3.24. The first kappa shape index (κ1) is 12.2. The minimum atomic E-state index is 0.432. The second-order valence-electron chi connectivity index (χ2n) is 6.14. The van der Waals surface area contributed by atoms with Crippen molar-refractivity contribution < 1.29 is 0 Å². The number of aromatic nitrogens is 1. The lowest BCUT2D eigenvalue weighted by Crippen LogP contribution is -2.36. The van der Waals surface area contributed by atoms with Gasteiger partial charge in [-0.25, -0.2) is 0 Å². The Hall–Kier alpha value is -0.890.